The Labute approximate surface area is 236 Å². The molecule has 2 aromatic rings. The fourth-order valence-corrected chi connectivity index (χ4v) is 6.55. The van der Waals surface area contributed by atoms with Crippen LogP contribution in [0.4, 0.5) is 23.5 Å². The van der Waals surface area contributed by atoms with E-state index in [2.05, 4.69) is 25.3 Å². The molecule has 0 bridgehead atoms. The van der Waals surface area contributed by atoms with E-state index in [1.807, 2.05) is 0 Å². The Bertz CT molecular complexity index is 1280. The molecule has 230 valence electrons. The molecule has 0 saturated carbocycles. The second-order valence-corrected chi connectivity index (χ2v) is 13.4. The Kier molecular flexibility index (Phi) is 9.58. The summed E-state index contributed by atoms with van der Waals surface area (Å²) < 4.78 is 84.4. The third-order valence-corrected chi connectivity index (χ3v) is 9.12. The van der Waals surface area contributed by atoms with Crippen molar-refractivity contribution in [2.45, 2.75) is 76.2 Å². The fourth-order valence-electron chi connectivity index (χ4n) is 5.05. The minimum Gasteiger partial charge on any atom is -0.393 e. The number of nitrogens with zero attached hydrogens (tertiary/aromatic N) is 6. The first-order valence-electron chi connectivity index (χ1n) is 13.6. The van der Waals surface area contributed by atoms with Crippen LogP contribution < -0.4 is 5.32 Å². The summed E-state index contributed by atoms with van der Waals surface area (Å²) in [5, 5.41) is 26.4. The molecule has 41 heavy (non-hydrogen) atoms. The number of alkyl halides is 4. The van der Waals surface area contributed by atoms with Gasteiger partial charge in [-0.1, -0.05) is 0 Å². The van der Waals surface area contributed by atoms with Crippen molar-refractivity contribution >= 4 is 16.0 Å². The number of nitrogens with one attached hydrogen (secondary N) is 1. The summed E-state index contributed by atoms with van der Waals surface area (Å²) in [5.41, 5.74) is -2.64. The van der Waals surface area contributed by atoms with Crippen molar-refractivity contribution in [1.29, 1.82) is 0 Å². The summed E-state index contributed by atoms with van der Waals surface area (Å²) >= 11 is 0. The predicted molar refractivity (Wildman–Crippen MR) is 143 cm³/mol. The fraction of sp³-hybridized carbons (Fsp3) is 0.720. The second kappa shape index (κ2) is 12.5. The number of anilines is 1. The van der Waals surface area contributed by atoms with Gasteiger partial charge in [0.15, 0.2) is 0 Å². The van der Waals surface area contributed by atoms with E-state index in [4.69, 9.17) is 0 Å². The molecule has 4 rings (SSSR count). The molecule has 2 aliphatic heterocycles. The smallest absolute Gasteiger partial charge is 0.393 e. The highest BCUT2D eigenvalue weighted by Gasteiger charge is 2.38. The van der Waals surface area contributed by atoms with Gasteiger partial charge in [0.1, 0.15) is 11.7 Å². The van der Waals surface area contributed by atoms with E-state index in [0.29, 0.717) is 45.1 Å². The van der Waals surface area contributed by atoms with Gasteiger partial charge in [0, 0.05) is 44.1 Å². The number of hydrogen-bond donors (Lipinski definition) is 3. The lowest BCUT2D eigenvalue weighted by atomic mass is 10.1. The molecule has 4 heterocycles. The van der Waals surface area contributed by atoms with Gasteiger partial charge in [-0.25, -0.2) is 22.8 Å². The van der Waals surface area contributed by atoms with E-state index in [1.165, 1.54) is 30.9 Å². The van der Waals surface area contributed by atoms with Gasteiger partial charge in [0.05, 0.1) is 41.9 Å². The highest BCUT2D eigenvalue weighted by Crippen LogP contribution is 2.36. The van der Waals surface area contributed by atoms with Crippen LogP contribution in [0.2, 0.25) is 0 Å². The molecule has 11 nitrogen and oxygen atoms in total. The molecule has 2 aromatic heterocycles. The predicted octanol–water partition coefficient (Wildman–Crippen LogP) is 2.13. The summed E-state index contributed by atoms with van der Waals surface area (Å²) in [6, 6.07) is -0.899. The second-order valence-electron chi connectivity index (χ2n) is 11.3. The van der Waals surface area contributed by atoms with Gasteiger partial charge in [-0.2, -0.15) is 22.6 Å². The van der Waals surface area contributed by atoms with Crippen LogP contribution in [0.1, 0.15) is 45.1 Å². The molecule has 2 aliphatic rings. The Balaban J connectivity index is 1.39. The number of aliphatic hydroxyl groups is 2. The van der Waals surface area contributed by atoms with Crippen LogP contribution in [0.15, 0.2) is 18.6 Å². The maximum atomic E-state index is 15.1. The Morgan fingerprint density at radius 2 is 1.83 bits per heavy atom. The third kappa shape index (κ3) is 8.56. The third-order valence-electron chi connectivity index (χ3n) is 7.20. The van der Waals surface area contributed by atoms with Crippen LogP contribution in [0.5, 0.6) is 0 Å². The molecule has 0 aromatic carbocycles. The minimum atomic E-state index is -4.76. The highest BCUT2D eigenvalue weighted by molar-refractivity contribution is 7.89. The number of aliphatic hydroxyl groups excluding tert-OH is 1. The molecule has 0 radical (unpaired) electrons. The van der Waals surface area contributed by atoms with Gasteiger partial charge in [0.2, 0.25) is 16.0 Å². The van der Waals surface area contributed by atoms with Gasteiger partial charge in [-0.3, -0.25) is 4.68 Å². The monoisotopic (exact) mass is 607 g/mol. The average molecular weight is 608 g/mol. The van der Waals surface area contributed by atoms with Crippen molar-refractivity contribution in [2.24, 2.45) is 0 Å². The quantitative estimate of drug-likeness (QED) is 0.347. The first-order chi connectivity index (χ1) is 19.1. The Morgan fingerprint density at radius 1 is 1.12 bits per heavy atom. The average Bonchev–Trinajstić information content (AvgIpc) is 3.32. The van der Waals surface area contributed by atoms with Gasteiger partial charge >= 0.3 is 6.18 Å². The molecular formula is C25H37F4N7O4S. The molecule has 0 aliphatic carbocycles. The summed E-state index contributed by atoms with van der Waals surface area (Å²) in [6.07, 6.45) is -1.77. The molecule has 16 heteroatoms. The summed E-state index contributed by atoms with van der Waals surface area (Å²) in [4.78, 5) is 9.89. The molecule has 2 fully saturated rings. The minimum absolute atomic E-state index is 0.0396. The molecule has 2 saturated heterocycles. The van der Waals surface area contributed by atoms with Gasteiger partial charge in [0.25, 0.3) is 0 Å². The lowest BCUT2D eigenvalue weighted by Crippen LogP contribution is -2.50. The summed E-state index contributed by atoms with van der Waals surface area (Å²) in [6.45, 7) is 4.78. The lowest BCUT2D eigenvalue weighted by molar-refractivity contribution is -0.137. The Morgan fingerprint density at radius 3 is 2.46 bits per heavy atom. The number of aromatic nitrogens is 4. The topological polar surface area (TPSA) is 137 Å². The first kappa shape index (κ1) is 31.5. The zero-order valence-corrected chi connectivity index (χ0v) is 23.9. The number of sulfonamides is 1. The number of hydrogen-bond acceptors (Lipinski definition) is 9. The van der Waals surface area contributed by atoms with Crippen molar-refractivity contribution in [2.75, 3.05) is 43.8 Å². The normalized spacial score (nSPS) is 22.2. The van der Waals surface area contributed by atoms with E-state index < -0.39 is 45.3 Å². The number of rotatable bonds is 10. The SMILES string of the molecule is CC(C)(O)Cn1cc(-c2nc(N[C@H]3CCN(S(=O)(=O)CCCN4CCC(O)CC4)C[C@H]3F)ncc2C(F)(F)F)cn1. The first-order valence-corrected chi connectivity index (χ1v) is 15.2. The van der Waals surface area contributed by atoms with E-state index in [9.17, 15) is 31.8 Å². The largest absolute Gasteiger partial charge is 0.419 e. The van der Waals surface area contributed by atoms with E-state index in [1.54, 1.807) is 0 Å². The van der Waals surface area contributed by atoms with Crippen LogP contribution in [0.25, 0.3) is 11.3 Å². The number of likely N-dealkylation sites (tertiary alicyclic amines) is 1. The van der Waals surface area contributed by atoms with Crippen molar-refractivity contribution in [3.8, 4) is 11.3 Å². The van der Waals surface area contributed by atoms with Gasteiger partial charge in [-0.15, -0.1) is 0 Å². The van der Waals surface area contributed by atoms with Crippen LogP contribution in [0.3, 0.4) is 0 Å². The molecular weight excluding hydrogens is 570 g/mol. The Hall–Kier alpha value is -2.40. The van der Waals surface area contributed by atoms with Crippen LogP contribution in [-0.2, 0) is 22.7 Å². The lowest BCUT2D eigenvalue weighted by Gasteiger charge is -2.34. The summed E-state index contributed by atoms with van der Waals surface area (Å²) in [7, 11) is -3.69. The van der Waals surface area contributed by atoms with E-state index in [-0.39, 0.29) is 49.4 Å². The zero-order valence-electron chi connectivity index (χ0n) is 23.1. The van der Waals surface area contributed by atoms with Gasteiger partial charge in [-0.05, 0) is 46.1 Å². The van der Waals surface area contributed by atoms with Crippen molar-refractivity contribution in [3.63, 3.8) is 0 Å². The van der Waals surface area contributed by atoms with Crippen LogP contribution in [0, 0.1) is 0 Å². The van der Waals surface area contributed by atoms with Crippen molar-refractivity contribution in [3.05, 3.63) is 24.2 Å². The summed E-state index contributed by atoms with van der Waals surface area (Å²) in [5.74, 6) is -0.345. The highest BCUT2D eigenvalue weighted by atomic mass is 32.2. The van der Waals surface area contributed by atoms with Crippen LogP contribution in [-0.4, -0.2) is 110 Å². The van der Waals surface area contributed by atoms with Crippen LogP contribution >= 0.6 is 0 Å². The molecule has 0 spiro atoms. The van der Waals surface area contributed by atoms with Crippen molar-refractivity contribution in [1.82, 2.24) is 29.0 Å². The van der Waals surface area contributed by atoms with Crippen molar-refractivity contribution < 1.29 is 36.2 Å². The van der Waals surface area contributed by atoms with Gasteiger partial charge < -0.3 is 20.4 Å². The van der Waals surface area contributed by atoms with E-state index >= 15 is 4.39 Å². The molecule has 2 atom stereocenters. The van der Waals surface area contributed by atoms with E-state index in [0.717, 1.165) is 4.31 Å². The maximum Gasteiger partial charge on any atom is 0.419 e. The standard InChI is InChI=1S/C25H37F4N7O4S/c1-24(2,38)16-35-14-17(12-31-35)22-19(25(27,28)29)13-30-23(33-22)32-21-6-10-36(15-20(21)26)41(39,40)11-3-7-34-8-4-18(37)5-9-34/h12-14,18,20-21,37-38H,3-11,15-16H2,1-2H3,(H,30,32,33)/t20-,21+/m1/s1. The molecule has 0 unspecified atom stereocenters. The maximum absolute atomic E-state index is 15.1. The number of halogens is 4. The number of piperidine rings is 2. The molecule has 3 N–H and O–H groups in total. The molecule has 0 amide bonds. The zero-order chi connectivity index (χ0) is 30.0.